The molecule has 0 unspecified atom stereocenters. The lowest BCUT2D eigenvalue weighted by molar-refractivity contribution is 0.0640. The maximum atomic E-state index is 13.5. The van der Waals surface area contributed by atoms with Crippen molar-refractivity contribution < 1.29 is 27.5 Å². The van der Waals surface area contributed by atoms with E-state index in [0.29, 0.717) is 5.56 Å². The van der Waals surface area contributed by atoms with E-state index in [1.165, 1.54) is 30.3 Å². The maximum absolute atomic E-state index is 13.5. The molecule has 2 aromatic carbocycles. The minimum atomic E-state index is -1.30. The fraction of sp³-hybridized carbons (Fsp3) is 0. The van der Waals surface area contributed by atoms with Crippen molar-refractivity contribution in [2.45, 2.75) is 0 Å². The predicted octanol–water partition coefficient (Wildman–Crippen LogP) is 3.61. The van der Waals surface area contributed by atoms with Crippen LogP contribution in [0.3, 0.4) is 0 Å². The number of ether oxygens (including phenoxy) is 1. The zero-order valence-corrected chi connectivity index (χ0v) is 11.5. The number of carbonyl (C=O) groups is 2. The van der Waals surface area contributed by atoms with E-state index in [1.54, 1.807) is 0 Å². The summed E-state index contributed by atoms with van der Waals surface area (Å²) in [5, 5.41) is 0.121. The zero-order chi connectivity index (χ0) is 16.6. The second-order valence-electron chi connectivity index (χ2n) is 4.66. The zero-order valence-electron chi connectivity index (χ0n) is 11.5. The molecule has 0 saturated heterocycles. The predicted molar refractivity (Wildman–Crippen MR) is 76.6 cm³/mol. The monoisotopic (exact) mass is 317 g/mol. The molecule has 0 spiro atoms. The molecule has 1 amide bonds. The fourth-order valence-corrected chi connectivity index (χ4v) is 2.22. The van der Waals surface area contributed by atoms with Gasteiger partial charge in [-0.1, -0.05) is 0 Å². The number of benzene rings is 2. The largest absolute Gasteiger partial charge is 0.455 e. The van der Waals surface area contributed by atoms with Crippen molar-refractivity contribution in [2.75, 3.05) is 0 Å². The normalized spacial score (nSPS) is 10.7. The van der Waals surface area contributed by atoms with E-state index in [-0.39, 0.29) is 22.3 Å². The van der Waals surface area contributed by atoms with Crippen LogP contribution < -0.4 is 5.73 Å². The number of hydrogen-bond donors (Lipinski definition) is 1. The van der Waals surface area contributed by atoms with E-state index in [4.69, 9.17) is 10.2 Å². The highest BCUT2D eigenvalue weighted by atomic mass is 19.1. The Morgan fingerprint density at radius 3 is 2.30 bits per heavy atom. The van der Waals surface area contributed by atoms with E-state index >= 15 is 0 Å². The Bertz CT molecular complexity index is 916. The molecule has 1 aromatic heterocycles. The molecular weight excluding hydrogens is 308 g/mol. The Kier molecular flexibility index (Phi) is 3.53. The second-order valence-corrected chi connectivity index (χ2v) is 4.66. The van der Waals surface area contributed by atoms with Gasteiger partial charge in [-0.3, -0.25) is 0 Å². The molecule has 0 atom stereocenters. The van der Waals surface area contributed by atoms with E-state index < -0.39 is 23.7 Å². The van der Waals surface area contributed by atoms with Crippen molar-refractivity contribution in [1.82, 2.24) is 0 Å². The molecule has 3 aromatic rings. The van der Waals surface area contributed by atoms with Gasteiger partial charge < -0.3 is 14.9 Å². The standard InChI is InChI=1S/C16H9F2NO4/c17-9-3-1-8(2-4-9)14-13(15(20)23-16(19)21)11-7-10(18)5-6-12(11)22-14/h1-7H,(H2,19,21). The number of primary amides is 1. The molecule has 0 fully saturated rings. The minimum absolute atomic E-state index is 0.0249. The van der Waals surface area contributed by atoms with Crippen LogP contribution in [0.5, 0.6) is 0 Å². The van der Waals surface area contributed by atoms with Gasteiger partial charge in [0, 0.05) is 10.9 Å². The van der Waals surface area contributed by atoms with Crippen LogP contribution in [-0.4, -0.2) is 12.1 Å². The van der Waals surface area contributed by atoms with Crippen LogP contribution in [0.15, 0.2) is 46.9 Å². The van der Waals surface area contributed by atoms with Crippen molar-refractivity contribution in [2.24, 2.45) is 5.73 Å². The molecule has 23 heavy (non-hydrogen) atoms. The van der Waals surface area contributed by atoms with E-state index in [2.05, 4.69) is 4.74 Å². The molecule has 0 aliphatic rings. The molecule has 0 aliphatic heterocycles. The number of esters is 1. The van der Waals surface area contributed by atoms with Gasteiger partial charge in [0.15, 0.2) is 0 Å². The summed E-state index contributed by atoms with van der Waals surface area (Å²) in [6.45, 7) is 0. The van der Waals surface area contributed by atoms with Crippen molar-refractivity contribution in [1.29, 1.82) is 0 Å². The van der Waals surface area contributed by atoms with E-state index in [0.717, 1.165) is 12.1 Å². The molecule has 2 N–H and O–H groups in total. The Labute approximate surface area is 128 Å². The summed E-state index contributed by atoms with van der Waals surface area (Å²) < 4.78 is 36.4. The molecule has 0 bridgehead atoms. The number of furan rings is 1. The number of rotatable bonds is 2. The van der Waals surface area contributed by atoms with Gasteiger partial charge in [0.25, 0.3) is 0 Å². The third-order valence-electron chi connectivity index (χ3n) is 3.15. The molecule has 0 radical (unpaired) electrons. The first-order chi connectivity index (χ1) is 11.0. The lowest BCUT2D eigenvalue weighted by Gasteiger charge is -2.02. The minimum Gasteiger partial charge on any atom is -0.455 e. The summed E-state index contributed by atoms with van der Waals surface area (Å²) >= 11 is 0. The van der Waals surface area contributed by atoms with Gasteiger partial charge >= 0.3 is 12.1 Å². The topological polar surface area (TPSA) is 82.5 Å². The second kappa shape index (κ2) is 5.53. The first-order valence-electron chi connectivity index (χ1n) is 6.45. The summed E-state index contributed by atoms with van der Waals surface area (Å²) in [7, 11) is 0. The summed E-state index contributed by atoms with van der Waals surface area (Å²) in [4.78, 5) is 22.9. The summed E-state index contributed by atoms with van der Waals surface area (Å²) in [6, 6.07) is 8.67. The third kappa shape index (κ3) is 2.76. The van der Waals surface area contributed by atoms with Crippen LogP contribution in [0.2, 0.25) is 0 Å². The maximum Gasteiger partial charge on any atom is 0.412 e. The lowest BCUT2D eigenvalue weighted by atomic mass is 10.1. The molecule has 0 aliphatic carbocycles. The lowest BCUT2D eigenvalue weighted by Crippen LogP contribution is -2.18. The molecule has 7 heteroatoms. The van der Waals surface area contributed by atoms with Crippen LogP contribution in [0.1, 0.15) is 10.4 Å². The number of nitrogens with two attached hydrogens (primary N) is 1. The van der Waals surface area contributed by atoms with Crippen LogP contribution in [0, 0.1) is 11.6 Å². The van der Waals surface area contributed by atoms with Crippen LogP contribution >= 0.6 is 0 Å². The smallest absolute Gasteiger partial charge is 0.412 e. The Hall–Kier alpha value is -3.22. The number of fused-ring (bicyclic) bond motifs is 1. The number of carbonyl (C=O) groups excluding carboxylic acids is 2. The summed E-state index contributed by atoms with van der Waals surface area (Å²) in [6.07, 6.45) is -1.30. The first kappa shape index (κ1) is 14.7. The number of amides is 1. The van der Waals surface area contributed by atoms with Gasteiger partial charge in [0.05, 0.1) is 0 Å². The summed E-state index contributed by atoms with van der Waals surface area (Å²) in [5.41, 5.74) is 5.25. The highest BCUT2D eigenvalue weighted by Gasteiger charge is 2.25. The van der Waals surface area contributed by atoms with Gasteiger partial charge in [-0.2, -0.15) is 0 Å². The third-order valence-corrected chi connectivity index (χ3v) is 3.15. The van der Waals surface area contributed by atoms with Gasteiger partial charge in [0.1, 0.15) is 28.5 Å². The average molecular weight is 317 g/mol. The number of halogens is 2. The molecule has 5 nitrogen and oxygen atoms in total. The van der Waals surface area contributed by atoms with Gasteiger partial charge in [0.2, 0.25) is 0 Å². The Balaban J connectivity index is 2.25. The number of hydrogen-bond acceptors (Lipinski definition) is 4. The highest BCUT2D eigenvalue weighted by molar-refractivity contribution is 6.11. The van der Waals surface area contributed by atoms with Gasteiger partial charge in [-0.15, -0.1) is 0 Å². The Morgan fingerprint density at radius 1 is 1.00 bits per heavy atom. The molecule has 1 heterocycles. The van der Waals surface area contributed by atoms with Gasteiger partial charge in [-0.25, -0.2) is 18.4 Å². The molecular formula is C16H9F2NO4. The fourth-order valence-electron chi connectivity index (χ4n) is 2.22. The Morgan fingerprint density at radius 2 is 1.65 bits per heavy atom. The van der Waals surface area contributed by atoms with Crippen molar-refractivity contribution in [3.05, 3.63) is 59.7 Å². The average Bonchev–Trinajstić information content (AvgIpc) is 2.85. The van der Waals surface area contributed by atoms with Crippen molar-refractivity contribution in [3.63, 3.8) is 0 Å². The van der Waals surface area contributed by atoms with E-state index in [9.17, 15) is 18.4 Å². The SMILES string of the molecule is NC(=O)OC(=O)c1c(-c2ccc(F)cc2)oc2ccc(F)cc12. The van der Waals surface area contributed by atoms with Crippen LogP contribution in [0.4, 0.5) is 13.6 Å². The molecule has 3 rings (SSSR count). The van der Waals surface area contributed by atoms with Crippen molar-refractivity contribution >= 4 is 23.0 Å². The quantitative estimate of drug-likeness (QED) is 0.578. The van der Waals surface area contributed by atoms with Gasteiger partial charge in [-0.05, 0) is 42.5 Å². The van der Waals surface area contributed by atoms with Crippen molar-refractivity contribution in [3.8, 4) is 11.3 Å². The van der Waals surface area contributed by atoms with Crippen LogP contribution in [-0.2, 0) is 4.74 Å². The molecule has 0 saturated carbocycles. The van der Waals surface area contributed by atoms with E-state index in [1.807, 2.05) is 0 Å². The summed E-state index contributed by atoms with van der Waals surface area (Å²) in [5.74, 6) is -2.13. The highest BCUT2D eigenvalue weighted by Crippen LogP contribution is 2.34. The van der Waals surface area contributed by atoms with Crippen LogP contribution in [0.25, 0.3) is 22.3 Å². The first-order valence-corrected chi connectivity index (χ1v) is 6.45. The molecule has 116 valence electrons.